The highest BCUT2D eigenvalue weighted by Gasteiger charge is 2.15. The molecule has 2 rings (SSSR count). The lowest BCUT2D eigenvalue weighted by molar-refractivity contribution is -0.384. The second-order valence-corrected chi connectivity index (χ2v) is 4.50. The van der Waals surface area contributed by atoms with Crippen LogP contribution in [0.5, 0.6) is 0 Å². The molecule has 0 aliphatic rings. The first kappa shape index (κ1) is 15.5. The number of non-ortho nitro benzene ring substituents is 1. The van der Waals surface area contributed by atoms with Crippen LogP contribution < -0.4 is 4.90 Å². The molecule has 0 aliphatic heterocycles. The van der Waals surface area contributed by atoms with Gasteiger partial charge in [-0.3, -0.25) is 14.9 Å². The largest absolute Gasteiger partial charge is 0.465 e. The Morgan fingerprint density at radius 2 is 1.68 bits per heavy atom. The standard InChI is InChI=1S/C16H16N2O4/c1-2-22-16(19)12-17(13-6-4-3-5-7-13)14-8-10-15(11-9-14)18(20)21/h3-11H,2,12H2,1H3. The van der Waals surface area contributed by atoms with Gasteiger partial charge >= 0.3 is 5.97 Å². The van der Waals surface area contributed by atoms with Crippen molar-refractivity contribution >= 4 is 23.0 Å². The minimum absolute atomic E-state index is 0.00731. The predicted octanol–water partition coefficient (Wildman–Crippen LogP) is 3.30. The predicted molar refractivity (Wildman–Crippen MR) is 83.2 cm³/mol. The van der Waals surface area contributed by atoms with E-state index >= 15 is 0 Å². The highest BCUT2D eigenvalue weighted by Crippen LogP contribution is 2.26. The van der Waals surface area contributed by atoms with Gasteiger partial charge in [-0.25, -0.2) is 0 Å². The Morgan fingerprint density at radius 3 is 2.23 bits per heavy atom. The molecular formula is C16H16N2O4. The van der Waals surface area contributed by atoms with Gasteiger partial charge in [0.2, 0.25) is 0 Å². The second-order valence-electron chi connectivity index (χ2n) is 4.50. The summed E-state index contributed by atoms with van der Waals surface area (Å²) in [5, 5.41) is 10.7. The normalized spacial score (nSPS) is 10.0. The first-order valence-electron chi connectivity index (χ1n) is 6.84. The number of nitro groups is 1. The maximum atomic E-state index is 11.8. The number of para-hydroxylation sites is 1. The minimum Gasteiger partial charge on any atom is -0.465 e. The Bertz CT molecular complexity index is 641. The van der Waals surface area contributed by atoms with Crippen molar-refractivity contribution in [2.24, 2.45) is 0 Å². The van der Waals surface area contributed by atoms with Crippen LogP contribution in [0.3, 0.4) is 0 Å². The molecule has 0 heterocycles. The zero-order valence-electron chi connectivity index (χ0n) is 12.1. The van der Waals surface area contributed by atoms with E-state index < -0.39 is 4.92 Å². The van der Waals surface area contributed by atoms with Gasteiger partial charge in [0.1, 0.15) is 6.54 Å². The molecule has 0 aromatic heterocycles. The lowest BCUT2D eigenvalue weighted by atomic mass is 10.2. The Morgan fingerprint density at radius 1 is 1.09 bits per heavy atom. The van der Waals surface area contributed by atoms with E-state index in [1.807, 2.05) is 30.3 Å². The summed E-state index contributed by atoms with van der Waals surface area (Å²) in [6, 6.07) is 15.4. The fourth-order valence-electron chi connectivity index (χ4n) is 2.03. The Hall–Kier alpha value is -2.89. The Balaban J connectivity index is 2.31. The van der Waals surface area contributed by atoms with E-state index in [9.17, 15) is 14.9 Å². The number of carbonyl (C=O) groups excluding carboxylic acids is 1. The van der Waals surface area contributed by atoms with Crippen LogP contribution in [0.2, 0.25) is 0 Å². The molecule has 0 atom stereocenters. The highest BCUT2D eigenvalue weighted by atomic mass is 16.6. The number of ether oxygens (including phenoxy) is 1. The highest BCUT2D eigenvalue weighted by molar-refractivity contribution is 5.80. The summed E-state index contributed by atoms with van der Waals surface area (Å²) in [5.74, 6) is -0.357. The molecule has 0 saturated carbocycles. The molecule has 0 spiro atoms. The summed E-state index contributed by atoms with van der Waals surface area (Å²) >= 11 is 0. The van der Waals surface area contributed by atoms with E-state index in [1.165, 1.54) is 12.1 Å². The van der Waals surface area contributed by atoms with Crippen LogP contribution in [0.4, 0.5) is 17.1 Å². The van der Waals surface area contributed by atoms with Crippen LogP contribution in [0.1, 0.15) is 6.92 Å². The number of nitro benzene ring substituents is 1. The van der Waals surface area contributed by atoms with Crippen molar-refractivity contribution in [2.75, 3.05) is 18.1 Å². The molecule has 0 N–H and O–H groups in total. The topological polar surface area (TPSA) is 72.7 Å². The van der Waals surface area contributed by atoms with Crippen molar-refractivity contribution in [3.63, 3.8) is 0 Å². The average Bonchev–Trinajstić information content (AvgIpc) is 2.54. The number of benzene rings is 2. The van der Waals surface area contributed by atoms with Crippen LogP contribution in [0, 0.1) is 10.1 Å². The maximum absolute atomic E-state index is 11.8. The smallest absolute Gasteiger partial charge is 0.325 e. The van der Waals surface area contributed by atoms with E-state index in [2.05, 4.69) is 0 Å². The molecule has 6 nitrogen and oxygen atoms in total. The minimum atomic E-state index is -0.456. The van der Waals surface area contributed by atoms with Gasteiger partial charge in [-0.2, -0.15) is 0 Å². The molecule has 22 heavy (non-hydrogen) atoms. The maximum Gasteiger partial charge on any atom is 0.325 e. The lowest BCUT2D eigenvalue weighted by Crippen LogP contribution is -2.26. The van der Waals surface area contributed by atoms with Gasteiger partial charge in [0.15, 0.2) is 0 Å². The average molecular weight is 300 g/mol. The number of anilines is 2. The zero-order chi connectivity index (χ0) is 15.9. The Labute approximate surface area is 128 Å². The summed E-state index contributed by atoms with van der Waals surface area (Å²) in [4.78, 5) is 23.8. The van der Waals surface area contributed by atoms with Crippen molar-refractivity contribution in [2.45, 2.75) is 6.92 Å². The van der Waals surface area contributed by atoms with Gasteiger partial charge in [-0.15, -0.1) is 0 Å². The monoisotopic (exact) mass is 300 g/mol. The summed E-state index contributed by atoms with van der Waals surface area (Å²) < 4.78 is 4.99. The molecule has 0 amide bonds. The third-order valence-electron chi connectivity index (χ3n) is 3.03. The van der Waals surface area contributed by atoms with Crippen LogP contribution in [0.25, 0.3) is 0 Å². The molecule has 0 aliphatic carbocycles. The summed E-state index contributed by atoms with van der Waals surface area (Å²) in [7, 11) is 0. The van der Waals surface area contributed by atoms with Gasteiger partial charge < -0.3 is 9.64 Å². The SMILES string of the molecule is CCOC(=O)CN(c1ccccc1)c1ccc([N+](=O)[O-])cc1. The van der Waals surface area contributed by atoms with E-state index in [0.29, 0.717) is 12.3 Å². The van der Waals surface area contributed by atoms with Gasteiger partial charge in [0, 0.05) is 23.5 Å². The summed E-state index contributed by atoms with van der Waals surface area (Å²) in [5.41, 5.74) is 1.50. The van der Waals surface area contributed by atoms with Crippen LogP contribution >= 0.6 is 0 Å². The van der Waals surface area contributed by atoms with Crippen LogP contribution in [-0.2, 0) is 9.53 Å². The van der Waals surface area contributed by atoms with Gasteiger partial charge in [-0.1, -0.05) is 18.2 Å². The molecule has 114 valence electrons. The number of nitrogens with zero attached hydrogens (tertiary/aromatic N) is 2. The van der Waals surface area contributed by atoms with Crippen molar-refractivity contribution in [1.29, 1.82) is 0 Å². The molecule has 2 aromatic carbocycles. The van der Waals surface area contributed by atoms with Crippen LogP contribution in [-0.4, -0.2) is 24.0 Å². The third kappa shape index (κ3) is 3.82. The quantitative estimate of drug-likeness (QED) is 0.465. The number of carbonyl (C=O) groups is 1. The molecular weight excluding hydrogens is 284 g/mol. The number of esters is 1. The number of hydrogen-bond acceptors (Lipinski definition) is 5. The van der Waals surface area contributed by atoms with Crippen molar-refractivity contribution < 1.29 is 14.5 Å². The van der Waals surface area contributed by atoms with E-state index in [1.54, 1.807) is 24.0 Å². The van der Waals surface area contributed by atoms with Crippen molar-refractivity contribution in [1.82, 2.24) is 0 Å². The second kappa shape index (κ2) is 7.21. The molecule has 0 unspecified atom stereocenters. The van der Waals surface area contributed by atoms with Gasteiger partial charge in [0.05, 0.1) is 11.5 Å². The number of hydrogen-bond donors (Lipinski definition) is 0. The van der Waals surface area contributed by atoms with Crippen molar-refractivity contribution in [3.05, 3.63) is 64.7 Å². The molecule has 0 fully saturated rings. The van der Waals surface area contributed by atoms with E-state index in [-0.39, 0.29) is 18.2 Å². The first-order valence-corrected chi connectivity index (χ1v) is 6.84. The third-order valence-corrected chi connectivity index (χ3v) is 3.03. The molecule has 0 bridgehead atoms. The summed E-state index contributed by atoms with van der Waals surface area (Å²) in [6.07, 6.45) is 0. The lowest BCUT2D eigenvalue weighted by Gasteiger charge is -2.23. The molecule has 0 radical (unpaired) electrons. The molecule has 0 saturated heterocycles. The van der Waals surface area contributed by atoms with Gasteiger partial charge in [-0.05, 0) is 31.2 Å². The zero-order valence-corrected chi connectivity index (χ0v) is 12.1. The first-order chi connectivity index (χ1) is 10.6. The Kier molecular flexibility index (Phi) is 5.08. The number of rotatable bonds is 6. The van der Waals surface area contributed by atoms with E-state index in [4.69, 9.17) is 4.74 Å². The van der Waals surface area contributed by atoms with Crippen molar-refractivity contribution in [3.8, 4) is 0 Å². The fraction of sp³-hybridized carbons (Fsp3) is 0.188. The van der Waals surface area contributed by atoms with Crippen LogP contribution in [0.15, 0.2) is 54.6 Å². The molecule has 6 heteroatoms. The van der Waals surface area contributed by atoms with Gasteiger partial charge in [0.25, 0.3) is 5.69 Å². The molecule has 2 aromatic rings. The van der Waals surface area contributed by atoms with E-state index in [0.717, 1.165) is 5.69 Å². The fourth-order valence-corrected chi connectivity index (χ4v) is 2.03. The summed E-state index contributed by atoms with van der Waals surface area (Å²) in [6.45, 7) is 2.09.